The first-order valence-electron chi connectivity index (χ1n) is 8.77. The largest absolute Gasteiger partial charge is 0.310 e. The van der Waals surface area contributed by atoms with E-state index in [9.17, 15) is 0 Å². The van der Waals surface area contributed by atoms with Crippen molar-refractivity contribution in [2.75, 3.05) is 0 Å². The summed E-state index contributed by atoms with van der Waals surface area (Å²) in [5.74, 6) is 0.563. The molecule has 1 unspecified atom stereocenters. The number of fused-ring (bicyclic) bond motifs is 2. The minimum atomic E-state index is 0.563. The van der Waals surface area contributed by atoms with E-state index in [1.165, 1.54) is 52.5 Å². The van der Waals surface area contributed by atoms with Gasteiger partial charge in [-0.05, 0) is 67.3 Å². The highest BCUT2D eigenvalue weighted by molar-refractivity contribution is 5.85. The number of hydrogen-bond acceptors (Lipinski definition) is 2. The zero-order chi connectivity index (χ0) is 15.7. The van der Waals surface area contributed by atoms with Crippen molar-refractivity contribution in [3.05, 3.63) is 40.6 Å². The molecule has 1 N–H and O–H groups in total. The van der Waals surface area contributed by atoms with Gasteiger partial charge in [-0.15, -0.1) is 0 Å². The van der Waals surface area contributed by atoms with E-state index in [1.54, 1.807) is 0 Å². The third-order valence-electron chi connectivity index (χ3n) is 5.06. The van der Waals surface area contributed by atoms with Gasteiger partial charge in [0.05, 0.1) is 5.52 Å². The molecule has 0 saturated heterocycles. The second-order valence-corrected chi connectivity index (χ2v) is 6.99. The van der Waals surface area contributed by atoms with Crippen LogP contribution in [-0.4, -0.2) is 11.0 Å². The number of nitrogens with zero attached hydrogens (tertiary/aromatic N) is 1. The molecule has 2 nitrogen and oxygen atoms in total. The van der Waals surface area contributed by atoms with Crippen molar-refractivity contribution in [2.45, 2.75) is 71.9 Å². The number of benzene rings is 1. The van der Waals surface area contributed by atoms with Crippen LogP contribution in [0.3, 0.4) is 0 Å². The van der Waals surface area contributed by atoms with Crippen LogP contribution >= 0.6 is 0 Å². The van der Waals surface area contributed by atoms with Gasteiger partial charge in [0.15, 0.2) is 0 Å². The summed E-state index contributed by atoms with van der Waals surface area (Å²) in [4.78, 5) is 4.94. The molecule has 1 aromatic heterocycles. The zero-order valence-corrected chi connectivity index (χ0v) is 14.4. The predicted octanol–water partition coefficient (Wildman–Crippen LogP) is 4.74. The van der Waals surface area contributed by atoms with Crippen molar-refractivity contribution < 1.29 is 0 Å². The van der Waals surface area contributed by atoms with Crippen LogP contribution in [0.5, 0.6) is 0 Å². The molecule has 0 aliphatic heterocycles. The van der Waals surface area contributed by atoms with Crippen molar-refractivity contribution in [1.82, 2.24) is 10.3 Å². The summed E-state index contributed by atoms with van der Waals surface area (Å²) in [5.41, 5.74) is 6.94. The third-order valence-corrected chi connectivity index (χ3v) is 5.06. The minimum absolute atomic E-state index is 0.563. The van der Waals surface area contributed by atoms with E-state index in [1.807, 2.05) is 0 Å². The summed E-state index contributed by atoms with van der Waals surface area (Å²) < 4.78 is 0. The van der Waals surface area contributed by atoms with Gasteiger partial charge in [-0.3, -0.25) is 4.98 Å². The fraction of sp³-hybridized carbons (Fsp3) is 0.550. The van der Waals surface area contributed by atoms with E-state index >= 15 is 0 Å². The molecule has 1 atom stereocenters. The molecule has 0 radical (unpaired) electrons. The Morgan fingerprint density at radius 3 is 2.73 bits per heavy atom. The molecule has 0 spiro atoms. The van der Waals surface area contributed by atoms with Gasteiger partial charge in [0, 0.05) is 23.7 Å². The Balaban J connectivity index is 2.09. The number of rotatable bonds is 5. The fourth-order valence-electron chi connectivity index (χ4n) is 3.36. The van der Waals surface area contributed by atoms with E-state index < -0.39 is 0 Å². The second kappa shape index (κ2) is 6.37. The lowest BCUT2D eigenvalue weighted by Crippen LogP contribution is -2.25. The number of pyridine rings is 1. The number of nitrogens with one attached hydrogen (secondary N) is 1. The van der Waals surface area contributed by atoms with Crippen molar-refractivity contribution in [3.8, 4) is 0 Å². The average Bonchev–Trinajstić information content (AvgIpc) is 2.98. The van der Waals surface area contributed by atoms with E-state index in [0.717, 1.165) is 13.0 Å². The maximum absolute atomic E-state index is 4.94. The predicted molar refractivity (Wildman–Crippen MR) is 94.4 cm³/mol. The maximum Gasteiger partial charge on any atom is 0.0708 e. The van der Waals surface area contributed by atoms with Crippen molar-refractivity contribution >= 4 is 10.9 Å². The third kappa shape index (κ3) is 2.89. The standard InChI is InChI=1S/C20H28N2/c1-5-14(4)21-12-18-16-7-6-8-19(16)22-20-10-9-15(13(2)3)11-17(18)20/h9-11,13-14,21H,5-8,12H2,1-4H3. The summed E-state index contributed by atoms with van der Waals surface area (Å²) in [6.07, 6.45) is 4.77. The van der Waals surface area contributed by atoms with Gasteiger partial charge < -0.3 is 5.32 Å². The normalized spacial score (nSPS) is 15.5. The minimum Gasteiger partial charge on any atom is -0.310 e. The summed E-state index contributed by atoms with van der Waals surface area (Å²) in [6.45, 7) is 10.0. The smallest absolute Gasteiger partial charge is 0.0708 e. The van der Waals surface area contributed by atoms with Crippen LogP contribution in [0.1, 0.15) is 68.8 Å². The molecule has 118 valence electrons. The molecule has 1 aliphatic carbocycles. The highest BCUT2D eigenvalue weighted by atomic mass is 14.9. The lowest BCUT2D eigenvalue weighted by molar-refractivity contribution is 0.534. The maximum atomic E-state index is 4.94. The molecule has 1 heterocycles. The van der Waals surface area contributed by atoms with Crippen LogP contribution in [0, 0.1) is 0 Å². The van der Waals surface area contributed by atoms with Crippen molar-refractivity contribution in [3.63, 3.8) is 0 Å². The molecule has 0 amide bonds. The van der Waals surface area contributed by atoms with Crippen molar-refractivity contribution in [1.29, 1.82) is 0 Å². The highest BCUT2D eigenvalue weighted by Crippen LogP contribution is 2.31. The topological polar surface area (TPSA) is 24.9 Å². The van der Waals surface area contributed by atoms with Crippen molar-refractivity contribution in [2.24, 2.45) is 0 Å². The Morgan fingerprint density at radius 2 is 2.00 bits per heavy atom. The lowest BCUT2D eigenvalue weighted by atomic mass is 9.96. The summed E-state index contributed by atoms with van der Waals surface area (Å²) >= 11 is 0. The molecular weight excluding hydrogens is 268 g/mol. The molecule has 0 bridgehead atoms. The Bertz CT molecular complexity index is 673. The molecule has 2 aromatic rings. The number of aromatic nitrogens is 1. The first-order chi connectivity index (χ1) is 10.6. The van der Waals surface area contributed by atoms with Gasteiger partial charge in [-0.2, -0.15) is 0 Å². The Morgan fingerprint density at radius 1 is 1.18 bits per heavy atom. The monoisotopic (exact) mass is 296 g/mol. The van der Waals surface area contributed by atoms with Crippen LogP contribution in [0.4, 0.5) is 0 Å². The average molecular weight is 296 g/mol. The molecule has 0 saturated carbocycles. The van der Waals surface area contributed by atoms with E-state index in [2.05, 4.69) is 51.2 Å². The molecular formula is C20H28N2. The Labute approximate surface area is 134 Å². The van der Waals surface area contributed by atoms with Gasteiger partial charge in [0.1, 0.15) is 0 Å². The second-order valence-electron chi connectivity index (χ2n) is 6.99. The van der Waals surface area contributed by atoms with Crippen LogP contribution in [-0.2, 0) is 19.4 Å². The molecule has 1 aliphatic rings. The molecule has 2 heteroatoms. The highest BCUT2D eigenvalue weighted by Gasteiger charge is 2.20. The van der Waals surface area contributed by atoms with Crippen LogP contribution in [0.25, 0.3) is 10.9 Å². The van der Waals surface area contributed by atoms with Crippen LogP contribution in [0.2, 0.25) is 0 Å². The fourth-order valence-corrected chi connectivity index (χ4v) is 3.36. The Kier molecular flexibility index (Phi) is 4.49. The van der Waals surface area contributed by atoms with Gasteiger partial charge in [0.2, 0.25) is 0 Å². The lowest BCUT2D eigenvalue weighted by Gasteiger charge is -2.17. The summed E-state index contributed by atoms with van der Waals surface area (Å²) in [5, 5.41) is 5.05. The first-order valence-corrected chi connectivity index (χ1v) is 8.77. The van der Waals surface area contributed by atoms with Gasteiger partial charge in [0.25, 0.3) is 0 Å². The summed E-state index contributed by atoms with van der Waals surface area (Å²) in [7, 11) is 0. The SMILES string of the molecule is CCC(C)NCc1c2c(nc3ccc(C(C)C)cc13)CCC2. The van der Waals surface area contributed by atoms with Gasteiger partial charge in [-0.1, -0.05) is 26.8 Å². The van der Waals surface area contributed by atoms with Gasteiger partial charge >= 0.3 is 0 Å². The van der Waals surface area contributed by atoms with Crippen LogP contribution < -0.4 is 5.32 Å². The van der Waals surface area contributed by atoms with E-state index in [0.29, 0.717) is 12.0 Å². The van der Waals surface area contributed by atoms with Crippen LogP contribution in [0.15, 0.2) is 18.2 Å². The number of hydrogen-bond donors (Lipinski definition) is 1. The Hall–Kier alpha value is -1.41. The van der Waals surface area contributed by atoms with E-state index in [4.69, 9.17) is 4.98 Å². The zero-order valence-electron chi connectivity index (χ0n) is 14.4. The van der Waals surface area contributed by atoms with Gasteiger partial charge in [-0.25, -0.2) is 0 Å². The summed E-state index contributed by atoms with van der Waals surface area (Å²) in [6, 6.07) is 7.40. The molecule has 0 fully saturated rings. The molecule has 3 rings (SSSR count). The molecule has 1 aromatic carbocycles. The quantitative estimate of drug-likeness (QED) is 0.862. The first kappa shape index (κ1) is 15.5. The number of aryl methyl sites for hydroxylation is 1. The van der Waals surface area contributed by atoms with E-state index in [-0.39, 0.29) is 0 Å². The molecule has 22 heavy (non-hydrogen) atoms.